The minimum absolute atomic E-state index is 0.0612. The van der Waals surface area contributed by atoms with Crippen LogP contribution in [0, 0.1) is 0 Å². The molecule has 4 rings (SSSR count). The number of fused-ring (bicyclic) bond motifs is 1. The molecule has 0 unspecified atom stereocenters. The Hall–Kier alpha value is -3.69. The fourth-order valence-corrected chi connectivity index (χ4v) is 4.52. The topological polar surface area (TPSA) is 96.2 Å². The summed E-state index contributed by atoms with van der Waals surface area (Å²) in [7, 11) is 3.61. The predicted octanol–water partition coefficient (Wildman–Crippen LogP) is 3.43. The molecule has 0 spiro atoms. The van der Waals surface area contributed by atoms with Crippen LogP contribution in [0.3, 0.4) is 0 Å². The quantitative estimate of drug-likeness (QED) is 0.507. The Morgan fingerprint density at radius 1 is 1.19 bits per heavy atom. The molecule has 1 saturated heterocycles. The molecule has 1 aliphatic rings. The third kappa shape index (κ3) is 4.98. The molecule has 2 aromatic heterocycles. The van der Waals surface area contributed by atoms with Gasteiger partial charge in [-0.15, -0.1) is 0 Å². The van der Waals surface area contributed by atoms with Crippen LogP contribution in [0.5, 0.6) is 17.4 Å². The van der Waals surface area contributed by atoms with Crippen molar-refractivity contribution in [2.75, 3.05) is 56.7 Å². The van der Waals surface area contributed by atoms with E-state index in [1.807, 2.05) is 66.6 Å². The van der Waals surface area contributed by atoms with Gasteiger partial charge in [-0.25, -0.2) is 4.98 Å². The summed E-state index contributed by atoms with van der Waals surface area (Å²) in [5.74, 6) is 2.96. The number of aromatic nitrogens is 3. The molecule has 0 aliphatic carbocycles. The normalized spacial score (nSPS) is 14.0. The highest BCUT2D eigenvalue weighted by atomic mass is 16.5. The number of ether oxygens (including phenoxy) is 2. The van der Waals surface area contributed by atoms with Crippen molar-refractivity contribution >= 4 is 28.6 Å². The van der Waals surface area contributed by atoms with Crippen molar-refractivity contribution in [1.29, 1.82) is 0 Å². The van der Waals surface area contributed by atoms with Gasteiger partial charge in [-0.05, 0) is 32.9 Å². The van der Waals surface area contributed by atoms with Crippen molar-refractivity contribution < 1.29 is 19.4 Å². The SMILES string of the molecule is CCOc1cc(OC)ccc1CN(C)c1nc(N2CCN(C(C)=O)CC2)nc2c(O)n(C(C)C)cc12. The average molecular weight is 497 g/mol. The largest absolute Gasteiger partial charge is 0.497 e. The van der Waals surface area contributed by atoms with Crippen LogP contribution in [-0.2, 0) is 11.3 Å². The number of methoxy groups -OCH3 is 1. The van der Waals surface area contributed by atoms with Crippen LogP contribution < -0.4 is 19.3 Å². The second-order valence-corrected chi connectivity index (χ2v) is 9.32. The third-order valence-electron chi connectivity index (χ3n) is 6.55. The molecule has 0 radical (unpaired) electrons. The minimum Gasteiger partial charge on any atom is -0.497 e. The number of anilines is 2. The summed E-state index contributed by atoms with van der Waals surface area (Å²) in [4.78, 5) is 27.4. The smallest absolute Gasteiger partial charge is 0.228 e. The monoisotopic (exact) mass is 496 g/mol. The number of aromatic hydroxyl groups is 1. The van der Waals surface area contributed by atoms with Crippen LogP contribution in [0.15, 0.2) is 24.4 Å². The Bertz CT molecular complexity index is 1230. The fraction of sp³-hybridized carbons (Fsp3) is 0.500. The van der Waals surface area contributed by atoms with Crippen LogP contribution in [0.25, 0.3) is 10.9 Å². The molecule has 3 aromatic rings. The molecule has 0 bridgehead atoms. The number of rotatable bonds is 8. The second kappa shape index (κ2) is 10.5. The minimum atomic E-state index is 0.0612. The second-order valence-electron chi connectivity index (χ2n) is 9.32. The van der Waals surface area contributed by atoms with E-state index in [-0.39, 0.29) is 17.8 Å². The lowest BCUT2D eigenvalue weighted by molar-refractivity contribution is -0.129. The van der Waals surface area contributed by atoms with E-state index in [4.69, 9.17) is 19.4 Å². The van der Waals surface area contributed by atoms with Gasteiger partial charge in [-0.1, -0.05) is 0 Å². The first-order valence-electron chi connectivity index (χ1n) is 12.4. The average Bonchev–Trinajstić information content (AvgIpc) is 3.21. The van der Waals surface area contributed by atoms with Gasteiger partial charge in [-0.3, -0.25) is 4.79 Å². The molecule has 3 heterocycles. The molecule has 10 heteroatoms. The highest BCUT2D eigenvalue weighted by Gasteiger charge is 2.25. The summed E-state index contributed by atoms with van der Waals surface area (Å²) in [6.07, 6.45) is 1.91. The molecular formula is C26H36N6O4. The van der Waals surface area contributed by atoms with E-state index >= 15 is 0 Å². The Morgan fingerprint density at radius 2 is 1.92 bits per heavy atom. The maximum Gasteiger partial charge on any atom is 0.228 e. The van der Waals surface area contributed by atoms with Crippen molar-refractivity contribution in [2.45, 2.75) is 40.3 Å². The van der Waals surface area contributed by atoms with Gasteiger partial charge < -0.3 is 33.8 Å². The number of benzene rings is 1. The number of nitrogens with zero attached hydrogens (tertiary/aromatic N) is 6. The van der Waals surface area contributed by atoms with Crippen LogP contribution in [0.1, 0.15) is 39.3 Å². The number of carbonyl (C=O) groups excluding carboxylic acids is 1. The zero-order valence-electron chi connectivity index (χ0n) is 22.0. The molecule has 1 amide bonds. The Balaban J connectivity index is 1.74. The van der Waals surface area contributed by atoms with Crippen molar-refractivity contribution in [1.82, 2.24) is 19.4 Å². The van der Waals surface area contributed by atoms with E-state index in [9.17, 15) is 9.90 Å². The zero-order valence-corrected chi connectivity index (χ0v) is 22.0. The maximum atomic E-state index is 11.8. The molecule has 1 N–H and O–H groups in total. The molecule has 0 atom stereocenters. The molecule has 1 fully saturated rings. The lowest BCUT2D eigenvalue weighted by Crippen LogP contribution is -2.48. The van der Waals surface area contributed by atoms with Crippen molar-refractivity contribution in [2.24, 2.45) is 0 Å². The lowest BCUT2D eigenvalue weighted by Gasteiger charge is -2.34. The summed E-state index contributed by atoms with van der Waals surface area (Å²) in [6, 6.07) is 5.87. The van der Waals surface area contributed by atoms with E-state index in [2.05, 4.69) is 4.90 Å². The molecule has 194 valence electrons. The van der Waals surface area contributed by atoms with Crippen LogP contribution in [-0.4, -0.2) is 77.4 Å². The van der Waals surface area contributed by atoms with E-state index in [0.29, 0.717) is 50.8 Å². The van der Waals surface area contributed by atoms with Gasteiger partial charge in [-0.2, -0.15) is 4.98 Å². The summed E-state index contributed by atoms with van der Waals surface area (Å²) in [6.45, 7) is 11.2. The third-order valence-corrected chi connectivity index (χ3v) is 6.55. The van der Waals surface area contributed by atoms with E-state index in [1.165, 1.54) is 0 Å². The number of hydrogen-bond donors (Lipinski definition) is 1. The molecule has 0 saturated carbocycles. The first-order chi connectivity index (χ1) is 17.2. The van der Waals surface area contributed by atoms with Gasteiger partial charge in [0, 0.05) is 70.6 Å². The predicted molar refractivity (Wildman–Crippen MR) is 140 cm³/mol. The van der Waals surface area contributed by atoms with E-state index < -0.39 is 0 Å². The highest BCUT2D eigenvalue weighted by Crippen LogP contribution is 2.36. The van der Waals surface area contributed by atoms with Gasteiger partial charge in [0.25, 0.3) is 0 Å². The van der Waals surface area contributed by atoms with Crippen LogP contribution in [0.4, 0.5) is 11.8 Å². The highest BCUT2D eigenvalue weighted by molar-refractivity contribution is 5.94. The van der Waals surface area contributed by atoms with Crippen LogP contribution in [0.2, 0.25) is 0 Å². The van der Waals surface area contributed by atoms with Crippen LogP contribution >= 0.6 is 0 Å². The van der Waals surface area contributed by atoms with Gasteiger partial charge in [0.1, 0.15) is 22.8 Å². The first-order valence-corrected chi connectivity index (χ1v) is 12.4. The lowest BCUT2D eigenvalue weighted by atomic mass is 10.1. The molecule has 1 aromatic carbocycles. The van der Waals surface area contributed by atoms with Gasteiger partial charge in [0.05, 0.1) is 19.1 Å². The first kappa shape index (κ1) is 25.4. The maximum absolute atomic E-state index is 11.8. The van der Waals surface area contributed by atoms with Crippen molar-refractivity contribution in [3.05, 3.63) is 30.0 Å². The molecule has 36 heavy (non-hydrogen) atoms. The molecule has 1 aliphatic heterocycles. The van der Waals surface area contributed by atoms with E-state index in [0.717, 1.165) is 28.3 Å². The fourth-order valence-electron chi connectivity index (χ4n) is 4.52. The number of piperazine rings is 1. The van der Waals surface area contributed by atoms with Crippen molar-refractivity contribution in [3.8, 4) is 17.4 Å². The number of carbonyl (C=O) groups is 1. The molecule has 10 nitrogen and oxygen atoms in total. The summed E-state index contributed by atoms with van der Waals surface area (Å²) in [5, 5.41) is 11.8. The number of amides is 1. The summed E-state index contributed by atoms with van der Waals surface area (Å²) >= 11 is 0. The van der Waals surface area contributed by atoms with Gasteiger partial charge in [0.2, 0.25) is 17.7 Å². The zero-order chi connectivity index (χ0) is 26.0. The van der Waals surface area contributed by atoms with Gasteiger partial charge >= 0.3 is 0 Å². The Labute approximate surface area is 212 Å². The summed E-state index contributed by atoms with van der Waals surface area (Å²) in [5.41, 5.74) is 1.51. The Kier molecular flexibility index (Phi) is 7.42. The number of hydrogen-bond acceptors (Lipinski definition) is 8. The van der Waals surface area contributed by atoms with Gasteiger partial charge in [0.15, 0.2) is 0 Å². The standard InChI is InChI=1S/C26H36N6O4/c1-7-36-22-14-20(35-6)9-8-19(22)15-29(5)24-21-16-32(17(2)3)25(34)23(21)27-26(28-24)31-12-10-30(11-13-31)18(4)33/h8-9,14,16-17,34H,7,10-13,15H2,1-6H3. The Morgan fingerprint density at radius 3 is 2.53 bits per heavy atom. The molecular weight excluding hydrogens is 460 g/mol. The van der Waals surface area contributed by atoms with E-state index in [1.54, 1.807) is 14.0 Å². The van der Waals surface area contributed by atoms with Crippen molar-refractivity contribution in [3.63, 3.8) is 0 Å². The summed E-state index contributed by atoms with van der Waals surface area (Å²) < 4.78 is 13.1.